The molecule has 0 atom stereocenters. The van der Waals surface area contributed by atoms with Crippen LogP contribution >= 0.6 is 0 Å². The lowest BCUT2D eigenvalue weighted by Crippen LogP contribution is -2.39. The van der Waals surface area contributed by atoms with Gasteiger partial charge >= 0.3 is 0 Å². The van der Waals surface area contributed by atoms with Crippen LogP contribution < -0.4 is 20.1 Å². The highest BCUT2D eigenvalue weighted by molar-refractivity contribution is 5.79. The lowest BCUT2D eigenvalue weighted by atomic mass is 10.1. The molecule has 0 unspecified atom stereocenters. The predicted molar refractivity (Wildman–Crippen MR) is 109 cm³/mol. The standard InChI is InChI=1S/C21H30N4O2/c1-5-23-20(24-13-14-26-18-10-8-12-22-16-18)25-15-17-9-6-7-11-19(17)27-21(2,3)4/h6-12,16H,5,13-15H2,1-4H3,(H2,23,24,25). The maximum atomic E-state index is 6.04. The van der Waals surface area contributed by atoms with Crippen molar-refractivity contribution in [3.8, 4) is 11.5 Å². The fourth-order valence-corrected chi connectivity index (χ4v) is 2.34. The Balaban J connectivity index is 1.91. The molecular weight excluding hydrogens is 340 g/mol. The maximum absolute atomic E-state index is 6.04. The van der Waals surface area contributed by atoms with Crippen LogP contribution in [0.4, 0.5) is 0 Å². The monoisotopic (exact) mass is 370 g/mol. The van der Waals surface area contributed by atoms with E-state index < -0.39 is 0 Å². The molecule has 0 fully saturated rings. The molecule has 0 radical (unpaired) electrons. The van der Waals surface area contributed by atoms with Crippen molar-refractivity contribution in [3.05, 3.63) is 54.4 Å². The fraction of sp³-hybridized carbons (Fsp3) is 0.429. The van der Waals surface area contributed by atoms with Gasteiger partial charge in [0.2, 0.25) is 0 Å². The van der Waals surface area contributed by atoms with Crippen molar-refractivity contribution in [3.63, 3.8) is 0 Å². The second kappa shape index (κ2) is 10.4. The molecule has 0 bridgehead atoms. The number of pyridine rings is 1. The molecule has 1 heterocycles. The lowest BCUT2D eigenvalue weighted by molar-refractivity contribution is 0.129. The van der Waals surface area contributed by atoms with E-state index in [4.69, 9.17) is 9.47 Å². The van der Waals surface area contributed by atoms with Crippen molar-refractivity contribution in [2.75, 3.05) is 19.7 Å². The summed E-state index contributed by atoms with van der Waals surface area (Å²) in [4.78, 5) is 8.70. The van der Waals surface area contributed by atoms with Crippen LogP contribution in [0.15, 0.2) is 53.8 Å². The molecule has 0 saturated heterocycles. The molecule has 27 heavy (non-hydrogen) atoms. The molecule has 6 nitrogen and oxygen atoms in total. The first-order valence-electron chi connectivity index (χ1n) is 9.30. The van der Waals surface area contributed by atoms with Gasteiger partial charge in [0.05, 0.1) is 19.3 Å². The van der Waals surface area contributed by atoms with Crippen molar-refractivity contribution in [2.24, 2.45) is 4.99 Å². The van der Waals surface area contributed by atoms with E-state index in [-0.39, 0.29) is 5.60 Å². The van der Waals surface area contributed by atoms with Crippen LogP contribution in [0.3, 0.4) is 0 Å². The zero-order chi connectivity index (χ0) is 19.5. The Kier molecular flexibility index (Phi) is 7.92. The maximum Gasteiger partial charge on any atom is 0.191 e. The average Bonchev–Trinajstić information content (AvgIpc) is 2.64. The van der Waals surface area contributed by atoms with E-state index in [2.05, 4.69) is 20.6 Å². The Hall–Kier alpha value is -2.76. The summed E-state index contributed by atoms with van der Waals surface area (Å²) >= 11 is 0. The number of ether oxygens (including phenoxy) is 2. The number of aromatic nitrogens is 1. The molecule has 2 rings (SSSR count). The summed E-state index contributed by atoms with van der Waals surface area (Å²) in [6.07, 6.45) is 3.42. The van der Waals surface area contributed by atoms with Gasteiger partial charge in [-0.25, -0.2) is 4.99 Å². The molecular formula is C21H30N4O2. The van der Waals surface area contributed by atoms with Gasteiger partial charge in [-0.05, 0) is 45.9 Å². The summed E-state index contributed by atoms with van der Waals surface area (Å²) in [5, 5.41) is 6.53. The summed E-state index contributed by atoms with van der Waals surface area (Å²) in [6.45, 7) is 10.7. The number of guanidine groups is 1. The van der Waals surface area contributed by atoms with Crippen LogP contribution in [0.1, 0.15) is 33.3 Å². The van der Waals surface area contributed by atoms with Crippen LogP contribution in [-0.4, -0.2) is 36.2 Å². The zero-order valence-electron chi connectivity index (χ0n) is 16.7. The number of aliphatic imine (C=N–C) groups is 1. The fourth-order valence-electron chi connectivity index (χ4n) is 2.34. The van der Waals surface area contributed by atoms with Gasteiger partial charge in [-0.1, -0.05) is 18.2 Å². The molecule has 0 amide bonds. The molecule has 0 aliphatic carbocycles. The van der Waals surface area contributed by atoms with Crippen molar-refractivity contribution in [1.82, 2.24) is 15.6 Å². The first-order chi connectivity index (χ1) is 13.0. The minimum atomic E-state index is -0.244. The van der Waals surface area contributed by atoms with E-state index in [9.17, 15) is 0 Å². The average molecular weight is 370 g/mol. The number of benzene rings is 1. The first-order valence-corrected chi connectivity index (χ1v) is 9.30. The predicted octanol–water partition coefficient (Wildman–Crippen LogP) is 3.39. The number of para-hydroxylation sites is 1. The third-order valence-corrected chi connectivity index (χ3v) is 3.44. The van der Waals surface area contributed by atoms with E-state index in [0.717, 1.165) is 29.6 Å². The van der Waals surface area contributed by atoms with Crippen molar-refractivity contribution in [2.45, 2.75) is 39.8 Å². The van der Waals surface area contributed by atoms with E-state index >= 15 is 0 Å². The number of nitrogens with one attached hydrogen (secondary N) is 2. The van der Waals surface area contributed by atoms with Crippen LogP contribution in [0.2, 0.25) is 0 Å². The van der Waals surface area contributed by atoms with E-state index in [1.165, 1.54) is 0 Å². The summed E-state index contributed by atoms with van der Waals surface area (Å²) in [5.74, 6) is 2.37. The Labute approximate surface area is 162 Å². The highest BCUT2D eigenvalue weighted by Gasteiger charge is 2.14. The summed E-state index contributed by atoms with van der Waals surface area (Å²) < 4.78 is 11.7. The van der Waals surface area contributed by atoms with Crippen LogP contribution in [0.25, 0.3) is 0 Å². The minimum Gasteiger partial charge on any atom is -0.490 e. The van der Waals surface area contributed by atoms with Gasteiger partial charge in [0.1, 0.15) is 23.7 Å². The molecule has 0 spiro atoms. The molecule has 6 heteroatoms. The summed E-state index contributed by atoms with van der Waals surface area (Å²) in [6, 6.07) is 11.7. The summed E-state index contributed by atoms with van der Waals surface area (Å²) in [5.41, 5.74) is 0.808. The highest BCUT2D eigenvalue weighted by atomic mass is 16.5. The van der Waals surface area contributed by atoms with E-state index in [0.29, 0.717) is 19.7 Å². The van der Waals surface area contributed by atoms with Crippen molar-refractivity contribution < 1.29 is 9.47 Å². The number of hydrogen-bond donors (Lipinski definition) is 2. The largest absolute Gasteiger partial charge is 0.490 e. The second-order valence-corrected chi connectivity index (χ2v) is 6.98. The number of rotatable bonds is 8. The Morgan fingerprint density at radius 3 is 2.63 bits per heavy atom. The smallest absolute Gasteiger partial charge is 0.191 e. The van der Waals surface area contributed by atoms with E-state index in [1.807, 2.05) is 64.1 Å². The van der Waals surface area contributed by atoms with E-state index in [1.54, 1.807) is 12.4 Å². The van der Waals surface area contributed by atoms with Gasteiger partial charge in [-0.3, -0.25) is 4.98 Å². The Morgan fingerprint density at radius 1 is 1.11 bits per heavy atom. The van der Waals surface area contributed by atoms with Gasteiger partial charge in [-0.2, -0.15) is 0 Å². The van der Waals surface area contributed by atoms with Crippen LogP contribution in [0, 0.1) is 0 Å². The lowest BCUT2D eigenvalue weighted by Gasteiger charge is -2.23. The minimum absolute atomic E-state index is 0.244. The summed E-state index contributed by atoms with van der Waals surface area (Å²) in [7, 11) is 0. The van der Waals surface area contributed by atoms with Gasteiger partial charge in [-0.15, -0.1) is 0 Å². The van der Waals surface area contributed by atoms with Crippen LogP contribution in [0.5, 0.6) is 11.5 Å². The molecule has 2 N–H and O–H groups in total. The molecule has 0 aliphatic rings. The quantitative estimate of drug-likeness (QED) is 0.423. The second-order valence-electron chi connectivity index (χ2n) is 6.98. The molecule has 1 aromatic heterocycles. The van der Waals surface area contributed by atoms with Crippen molar-refractivity contribution >= 4 is 5.96 Å². The SMILES string of the molecule is CCNC(=NCc1ccccc1OC(C)(C)C)NCCOc1cccnc1. The van der Waals surface area contributed by atoms with Gasteiger partial charge in [0, 0.05) is 18.3 Å². The van der Waals surface area contributed by atoms with Gasteiger partial charge < -0.3 is 20.1 Å². The molecule has 2 aromatic rings. The Bertz CT molecular complexity index is 712. The normalized spacial score (nSPS) is 11.8. The molecule has 146 valence electrons. The topological polar surface area (TPSA) is 67.8 Å². The molecule has 1 aromatic carbocycles. The van der Waals surface area contributed by atoms with Gasteiger partial charge in [0.25, 0.3) is 0 Å². The number of hydrogen-bond acceptors (Lipinski definition) is 4. The van der Waals surface area contributed by atoms with Crippen LogP contribution in [-0.2, 0) is 6.54 Å². The zero-order valence-corrected chi connectivity index (χ0v) is 16.7. The third-order valence-electron chi connectivity index (χ3n) is 3.44. The Morgan fingerprint density at radius 2 is 1.93 bits per heavy atom. The molecule has 0 saturated carbocycles. The first kappa shape index (κ1) is 20.6. The third kappa shape index (κ3) is 7.98. The highest BCUT2D eigenvalue weighted by Crippen LogP contribution is 2.23. The number of nitrogens with zero attached hydrogens (tertiary/aromatic N) is 2. The molecule has 0 aliphatic heterocycles. The van der Waals surface area contributed by atoms with Crippen molar-refractivity contribution in [1.29, 1.82) is 0 Å². The van der Waals surface area contributed by atoms with Gasteiger partial charge in [0.15, 0.2) is 5.96 Å².